The number of rotatable bonds is 2. The molecule has 2 N–H and O–H groups in total. The SMILES string of the molecule is CC1CCCN(C2(CN)CC3CCC2C3)C1C. The molecular formula is C15H28N2. The molecule has 1 saturated heterocycles. The van der Waals surface area contributed by atoms with E-state index in [0.717, 1.165) is 30.3 Å². The molecule has 5 unspecified atom stereocenters. The molecule has 0 radical (unpaired) electrons. The third-order valence-corrected chi connectivity index (χ3v) is 6.24. The van der Waals surface area contributed by atoms with E-state index in [1.54, 1.807) is 0 Å². The van der Waals surface area contributed by atoms with E-state index in [9.17, 15) is 0 Å². The lowest BCUT2D eigenvalue weighted by molar-refractivity contribution is -0.0281. The Labute approximate surface area is 106 Å². The van der Waals surface area contributed by atoms with E-state index >= 15 is 0 Å². The number of fused-ring (bicyclic) bond motifs is 2. The Bertz CT molecular complexity index is 291. The Morgan fingerprint density at radius 1 is 1.24 bits per heavy atom. The highest BCUT2D eigenvalue weighted by molar-refractivity contribution is 5.10. The van der Waals surface area contributed by atoms with Gasteiger partial charge >= 0.3 is 0 Å². The monoisotopic (exact) mass is 236 g/mol. The number of likely N-dealkylation sites (tertiary alicyclic amines) is 1. The first-order valence-corrected chi connectivity index (χ1v) is 7.64. The Morgan fingerprint density at radius 2 is 2.06 bits per heavy atom. The third-order valence-electron chi connectivity index (χ3n) is 6.24. The van der Waals surface area contributed by atoms with Gasteiger partial charge in [0.2, 0.25) is 0 Å². The van der Waals surface area contributed by atoms with Crippen molar-refractivity contribution in [1.29, 1.82) is 0 Å². The van der Waals surface area contributed by atoms with Crippen LogP contribution in [0.4, 0.5) is 0 Å². The Balaban J connectivity index is 1.85. The fraction of sp³-hybridized carbons (Fsp3) is 1.00. The van der Waals surface area contributed by atoms with Crippen molar-refractivity contribution >= 4 is 0 Å². The highest BCUT2D eigenvalue weighted by Gasteiger charge is 2.54. The van der Waals surface area contributed by atoms with Crippen molar-refractivity contribution in [2.45, 2.75) is 64.0 Å². The quantitative estimate of drug-likeness (QED) is 0.798. The van der Waals surface area contributed by atoms with Gasteiger partial charge in [-0.05, 0) is 63.3 Å². The van der Waals surface area contributed by atoms with Crippen molar-refractivity contribution in [3.63, 3.8) is 0 Å². The van der Waals surface area contributed by atoms with Crippen LogP contribution in [0, 0.1) is 17.8 Å². The number of hydrogen-bond acceptors (Lipinski definition) is 2. The summed E-state index contributed by atoms with van der Waals surface area (Å²) in [5.41, 5.74) is 6.64. The minimum Gasteiger partial charge on any atom is -0.329 e. The molecule has 17 heavy (non-hydrogen) atoms. The van der Waals surface area contributed by atoms with Crippen molar-refractivity contribution in [3.05, 3.63) is 0 Å². The normalized spacial score (nSPS) is 51.0. The van der Waals surface area contributed by atoms with Crippen LogP contribution in [0.15, 0.2) is 0 Å². The van der Waals surface area contributed by atoms with Gasteiger partial charge in [0.25, 0.3) is 0 Å². The minimum absolute atomic E-state index is 0.386. The first kappa shape index (κ1) is 12.0. The molecule has 1 aliphatic heterocycles. The Morgan fingerprint density at radius 3 is 2.65 bits per heavy atom. The molecule has 2 bridgehead atoms. The fourth-order valence-electron chi connectivity index (χ4n) is 5.10. The van der Waals surface area contributed by atoms with E-state index in [2.05, 4.69) is 18.7 Å². The lowest BCUT2D eigenvalue weighted by Crippen LogP contribution is -2.62. The topological polar surface area (TPSA) is 29.3 Å². The molecule has 2 heteroatoms. The summed E-state index contributed by atoms with van der Waals surface area (Å²) in [5.74, 6) is 2.75. The zero-order valence-electron chi connectivity index (χ0n) is 11.5. The summed E-state index contributed by atoms with van der Waals surface area (Å²) in [5, 5.41) is 0. The van der Waals surface area contributed by atoms with Crippen LogP contribution in [-0.4, -0.2) is 29.6 Å². The second-order valence-electron chi connectivity index (χ2n) is 6.94. The average Bonchev–Trinajstić information content (AvgIpc) is 2.93. The van der Waals surface area contributed by atoms with Gasteiger partial charge in [-0.1, -0.05) is 13.3 Å². The van der Waals surface area contributed by atoms with E-state index < -0.39 is 0 Å². The molecule has 2 nitrogen and oxygen atoms in total. The summed E-state index contributed by atoms with van der Waals surface area (Å²) >= 11 is 0. The van der Waals surface area contributed by atoms with E-state index in [-0.39, 0.29) is 0 Å². The molecular weight excluding hydrogens is 208 g/mol. The molecule has 3 aliphatic rings. The van der Waals surface area contributed by atoms with Crippen LogP contribution in [-0.2, 0) is 0 Å². The summed E-state index contributed by atoms with van der Waals surface area (Å²) in [6.07, 6.45) is 8.57. The van der Waals surface area contributed by atoms with Gasteiger partial charge in [-0.15, -0.1) is 0 Å². The Hall–Kier alpha value is -0.0800. The van der Waals surface area contributed by atoms with E-state index in [0.29, 0.717) is 5.54 Å². The Kier molecular flexibility index (Phi) is 2.99. The average molecular weight is 236 g/mol. The molecule has 0 aromatic carbocycles. The summed E-state index contributed by atoms with van der Waals surface area (Å²) < 4.78 is 0. The molecule has 3 rings (SSSR count). The van der Waals surface area contributed by atoms with Crippen LogP contribution in [0.2, 0.25) is 0 Å². The predicted molar refractivity (Wildman–Crippen MR) is 71.8 cm³/mol. The number of piperidine rings is 1. The largest absolute Gasteiger partial charge is 0.329 e. The van der Waals surface area contributed by atoms with Crippen LogP contribution >= 0.6 is 0 Å². The second-order valence-corrected chi connectivity index (χ2v) is 6.94. The van der Waals surface area contributed by atoms with E-state index in [1.807, 2.05) is 0 Å². The summed E-state index contributed by atoms with van der Waals surface area (Å²) in [7, 11) is 0. The van der Waals surface area contributed by atoms with Gasteiger partial charge in [0.1, 0.15) is 0 Å². The van der Waals surface area contributed by atoms with Crippen molar-refractivity contribution < 1.29 is 0 Å². The molecule has 1 heterocycles. The second kappa shape index (κ2) is 4.24. The minimum atomic E-state index is 0.386. The zero-order valence-corrected chi connectivity index (χ0v) is 11.5. The van der Waals surface area contributed by atoms with E-state index in [4.69, 9.17) is 5.73 Å². The van der Waals surface area contributed by atoms with Crippen LogP contribution in [0.5, 0.6) is 0 Å². The van der Waals surface area contributed by atoms with Gasteiger partial charge < -0.3 is 5.73 Å². The molecule has 98 valence electrons. The third kappa shape index (κ3) is 1.67. The summed E-state index contributed by atoms with van der Waals surface area (Å²) in [6.45, 7) is 7.05. The standard InChI is InChI=1S/C15H28N2/c1-11-4-3-7-17(12(11)2)15(10-16)9-13-5-6-14(15)8-13/h11-14H,3-10,16H2,1-2H3. The first-order valence-electron chi connectivity index (χ1n) is 7.64. The molecule has 0 aromatic rings. The number of nitrogens with zero attached hydrogens (tertiary/aromatic N) is 1. The summed E-state index contributed by atoms with van der Waals surface area (Å²) in [6, 6.07) is 0.742. The number of hydrogen-bond donors (Lipinski definition) is 1. The molecule has 0 aromatic heterocycles. The van der Waals surface area contributed by atoms with Crippen molar-refractivity contribution in [2.24, 2.45) is 23.5 Å². The van der Waals surface area contributed by atoms with Gasteiger partial charge in [-0.3, -0.25) is 4.90 Å². The van der Waals surface area contributed by atoms with Crippen LogP contribution < -0.4 is 5.73 Å². The van der Waals surface area contributed by atoms with Crippen LogP contribution in [0.1, 0.15) is 52.4 Å². The molecule has 3 fully saturated rings. The fourth-order valence-corrected chi connectivity index (χ4v) is 5.10. The maximum absolute atomic E-state index is 6.25. The van der Waals surface area contributed by atoms with Gasteiger partial charge in [0, 0.05) is 18.1 Å². The van der Waals surface area contributed by atoms with Gasteiger partial charge in [-0.2, -0.15) is 0 Å². The van der Waals surface area contributed by atoms with Crippen molar-refractivity contribution in [2.75, 3.05) is 13.1 Å². The smallest absolute Gasteiger partial charge is 0.0365 e. The predicted octanol–water partition coefficient (Wildman–Crippen LogP) is 2.62. The molecule has 0 amide bonds. The lowest BCUT2D eigenvalue weighted by atomic mass is 9.76. The van der Waals surface area contributed by atoms with Crippen molar-refractivity contribution in [3.8, 4) is 0 Å². The van der Waals surface area contributed by atoms with Crippen LogP contribution in [0.25, 0.3) is 0 Å². The number of nitrogens with two attached hydrogens (primary N) is 1. The summed E-state index contributed by atoms with van der Waals surface area (Å²) in [4.78, 5) is 2.82. The van der Waals surface area contributed by atoms with E-state index in [1.165, 1.54) is 45.1 Å². The van der Waals surface area contributed by atoms with Gasteiger partial charge in [0.05, 0.1) is 0 Å². The molecule has 2 saturated carbocycles. The molecule has 0 spiro atoms. The highest BCUT2D eigenvalue weighted by atomic mass is 15.3. The van der Waals surface area contributed by atoms with Crippen molar-refractivity contribution in [1.82, 2.24) is 4.90 Å². The van der Waals surface area contributed by atoms with Gasteiger partial charge in [0.15, 0.2) is 0 Å². The first-order chi connectivity index (χ1) is 8.17. The lowest BCUT2D eigenvalue weighted by Gasteiger charge is -2.53. The maximum atomic E-state index is 6.25. The molecule has 2 aliphatic carbocycles. The molecule has 5 atom stereocenters. The maximum Gasteiger partial charge on any atom is 0.0365 e. The highest BCUT2D eigenvalue weighted by Crippen LogP contribution is 2.54. The van der Waals surface area contributed by atoms with Crippen LogP contribution in [0.3, 0.4) is 0 Å². The zero-order chi connectivity index (χ0) is 12.0. The van der Waals surface area contributed by atoms with Gasteiger partial charge in [-0.25, -0.2) is 0 Å².